The Morgan fingerprint density at radius 2 is 2.05 bits per heavy atom. The maximum atomic E-state index is 11.5. The molecule has 0 aromatic heterocycles. The lowest BCUT2D eigenvalue weighted by Gasteiger charge is -2.26. The van der Waals surface area contributed by atoms with Gasteiger partial charge >= 0.3 is 5.97 Å². The Morgan fingerprint density at radius 1 is 1.37 bits per heavy atom. The highest BCUT2D eigenvalue weighted by molar-refractivity contribution is 5.77. The van der Waals surface area contributed by atoms with Crippen LogP contribution in [0.2, 0.25) is 0 Å². The van der Waals surface area contributed by atoms with E-state index in [0.717, 1.165) is 0 Å². The Bertz CT molecular complexity index is 435. The van der Waals surface area contributed by atoms with Gasteiger partial charge in [0.15, 0.2) is 11.5 Å². The van der Waals surface area contributed by atoms with Crippen LogP contribution in [0, 0.1) is 0 Å². The SMILES string of the molecule is COc1cccc(C(C(=O)O)N(C)CCO)c1OC. The van der Waals surface area contributed by atoms with Crippen molar-refractivity contribution in [2.24, 2.45) is 0 Å². The molecule has 0 aliphatic carbocycles. The van der Waals surface area contributed by atoms with Gasteiger partial charge in [0.2, 0.25) is 0 Å². The molecule has 0 aliphatic rings. The summed E-state index contributed by atoms with van der Waals surface area (Å²) < 4.78 is 10.4. The number of para-hydroxylation sites is 1. The van der Waals surface area contributed by atoms with Crippen molar-refractivity contribution in [3.8, 4) is 11.5 Å². The van der Waals surface area contributed by atoms with Crippen LogP contribution in [0.5, 0.6) is 11.5 Å². The van der Waals surface area contributed by atoms with Crippen molar-refractivity contribution >= 4 is 5.97 Å². The van der Waals surface area contributed by atoms with Crippen LogP contribution < -0.4 is 9.47 Å². The molecule has 0 radical (unpaired) electrons. The van der Waals surface area contributed by atoms with Crippen LogP contribution in [0.15, 0.2) is 18.2 Å². The van der Waals surface area contributed by atoms with E-state index in [9.17, 15) is 9.90 Å². The monoisotopic (exact) mass is 269 g/mol. The van der Waals surface area contributed by atoms with Crippen molar-refractivity contribution in [1.29, 1.82) is 0 Å². The molecule has 1 aromatic carbocycles. The van der Waals surface area contributed by atoms with Crippen LogP contribution >= 0.6 is 0 Å². The van der Waals surface area contributed by atoms with E-state index in [0.29, 0.717) is 17.1 Å². The predicted octanol–water partition coefficient (Wildman–Crippen LogP) is 0.754. The topological polar surface area (TPSA) is 79.2 Å². The number of benzene rings is 1. The Kier molecular flexibility index (Phi) is 5.59. The molecule has 19 heavy (non-hydrogen) atoms. The number of hydrogen-bond acceptors (Lipinski definition) is 5. The summed E-state index contributed by atoms with van der Waals surface area (Å²) in [5.74, 6) is -0.145. The number of ether oxygens (including phenoxy) is 2. The van der Waals surface area contributed by atoms with Crippen molar-refractivity contribution < 1.29 is 24.5 Å². The van der Waals surface area contributed by atoms with Gasteiger partial charge in [-0.2, -0.15) is 0 Å². The van der Waals surface area contributed by atoms with E-state index < -0.39 is 12.0 Å². The number of aliphatic carboxylic acids is 1. The first-order valence-electron chi connectivity index (χ1n) is 5.81. The molecule has 0 spiro atoms. The number of carbonyl (C=O) groups is 1. The first kappa shape index (κ1) is 15.3. The van der Waals surface area contributed by atoms with Gasteiger partial charge < -0.3 is 19.7 Å². The Labute approximate surface area is 112 Å². The fraction of sp³-hybridized carbons (Fsp3) is 0.462. The van der Waals surface area contributed by atoms with Crippen LogP contribution in [-0.4, -0.2) is 55.5 Å². The van der Waals surface area contributed by atoms with Crippen LogP contribution in [0.25, 0.3) is 0 Å². The average Bonchev–Trinajstić information content (AvgIpc) is 2.38. The Morgan fingerprint density at radius 3 is 2.53 bits per heavy atom. The van der Waals surface area contributed by atoms with Gasteiger partial charge in [0, 0.05) is 12.1 Å². The summed E-state index contributed by atoms with van der Waals surface area (Å²) in [4.78, 5) is 13.0. The number of carboxylic acid groups (broad SMARTS) is 1. The number of aliphatic hydroxyl groups is 1. The largest absolute Gasteiger partial charge is 0.493 e. The maximum absolute atomic E-state index is 11.5. The molecule has 0 aliphatic heterocycles. The zero-order valence-electron chi connectivity index (χ0n) is 11.3. The molecular formula is C13H19NO5. The highest BCUT2D eigenvalue weighted by atomic mass is 16.5. The lowest BCUT2D eigenvalue weighted by Crippen LogP contribution is -2.33. The summed E-state index contributed by atoms with van der Waals surface area (Å²) in [5, 5.41) is 18.3. The molecule has 1 aromatic rings. The Hall–Kier alpha value is -1.79. The van der Waals surface area contributed by atoms with E-state index in [-0.39, 0.29) is 13.2 Å². The Balaban J connectivity index is 3.26. The molecule has 0 heterocycles. The van der Waals surface area contributed by atoms with E-state index in [1.807, 2.05) is 0 Å². The molecule has 0 saturated carbocycles. The van der Waals surface area contributed by atoms with Gasteiger partial charge in [0.25, 0.3) is 0 Å². The fourth-order valence-corrected chi connectivity index (χ4v) is 1.97. The van der Waals surface area contributed by atoms with Gasteiger partial charge in [-0.05, 0) is 13.1 Å². The molecule has 1 atom stereocenters. The minimum atomic E-state index is -1.01. The zero-order chi connectivity index (χ0) is 14.4. The van der Waals surface area contributed by atoms with Crippen LogP contribution in [0.3, 0.4) is 0 Å². The fourth-order valence-electron chi connectivity index (χ4n) is 1.97. The zero-order valence-corrected chi connectivity index (χ0v) is 11.3. The summed E-state index contributed by atoms with van der Waals surface area (Å²) in [6, 6.07) is 4.18. The molecule has 0 saturated heterocycles. The molecule has 1 rings (SSSR count). The number of rotatable bonds is 7. The first-order chi connectivity index (χ1) is 9.06. The third-order valence-electron chi connectivity index (χ3n) is 2.86. The van der Waals surface area contributed by atoms with Crippen molar-refractivity contribution in [1.82, 2.24) is 4.90 Å². The van der Waals surface area contributed by atoms with Crippen molar-refractivity contribution in [2.45, 2.75) is 6.04 Å². The molecule has 0 fully saturated rings. The lowest BCUT2D eigenvalue weighted by molar-refractivity contribution is -0.143. The number of nitrogens with zero attached hydrogens (tertiary/aromatic N) is 1. The normalized spacial score (nSPS) is 12.3. The minimum absolute atomic E-state index is 0.118. The van der Waals surface area contributed by atoms with Crippen molar-refractivity contribution in [3.05, 3.63) is 23.8 Å². The van der Waals surface area contributed by atoms with Gasteiger partial charge in [0.1, 0.15) is 6.04 Å². The second-order valence-electron chi connectivity index (χ2n) is 4.03. The number of aliphatic hydroxyl groups excluding tert-OH is 1. The van der Waals surface area contributed by atoms with Crippen molar-refractivity contribution in [2.75, 3.05) is 34.4 Å². The highest BCUT2D eigenvalue weighted by Gasteiger charge is 2.28. The van der Waals surface area contributed by atoms with Crippen molar-refractivity contribution in [3.63, 3.8) is 0 Å². The van der Waals surface area contributed by atoms with Gasteiger partial charge in [-0.3, -0.25) is 9.69 Å². The first-order valence-corrected chi connectivity index (χ1v) is 5.81. The van der Waals surface area contributed by atoms with E-state index >= 15 is 0 Å². The predicted molar refractivity (Wildman–Crippen MR) is 69.6 cm³/mol. The second kappa shape index (κ2) is 6.96. The number of carboxylic acids is 1. The third-order valence-corrected chi connectivity index (χ3v) is 2.86. The minimum Gasteiger partial charge on any atom is -0.493 e. The molecule has 6 heteroatoms. The summed E-state index contributed by atoms with van der Waals surface area (Å²) in [7, 11) is 4.59. The summed E-state index contributed by atoms with van der Waals surface area (Å²) in [5.41, 5.74) is 0.491. The smallest absolute Gasteiger partial charge is 0.325 e. The van der Waals surface area contributed by atoms with Crippen LogP contribution in [0.1, 0.15) is 11.6 Å². The molecule has 0 amide bonds. The number of hydrogen-bond donors (Lipinski definition) is 2. The van der Waals surface area contributed by atoms with Gasteiger partial charge in [-0.1, -0.05) is 12.1 Å². The third kappa shape index (κ3) is 3.36. The summed E-state index contributed by atoms with van der Waals surface area (Å²) in [6.45, 7) is 0.129. The van der Waals surface area contributed by atoms with Gasteiger partial charge in [0.05, 0.1) is 20.8 Å². The van der Waals surface area contributed by atoms with E-state index in [1.165, 1.54) is 14.2 Å². The molecule has 2 N–H and O–H groups in total. The summed E-state index contributed by atoms with van der Waals surface area (Å²) >= 11 is 0. The summed E-state index contributed by atoms with van der Waals surface area (Å²) in [6.07, 6.45) is 0. The second-order valence-corrected chi connectivity index (χ2v) is 4.03. The standard InChI is InChI=1S/C13H19NO5/c1-14(7-8-15)11(13(16)17)9-5-4-6-10(18-2)12(9)19-3/h4-6,11,15H,7-8H2,1-3H3,(H,16,17). The molecule has 1 unspecified atom stereocenters. The maximum Gasteiger partial charge on any atom is 0.325 e. The van der Waals surface area contributed by atoms with E-state index in [4.69, 9.17) is 14.6 Å². The quantitative estimate of drug-likeness (QED) is 0.760. The lowest BCUT2D eigenvalue weighted by atomic mass is 10.0. The highest BCUT2D eigenvalue weighted by Crippen LogP contribution is 2.36. The number of likely N-dealkylation sites (N-methyl/N-ethyl adjacent to an activating group) is 1. The molecule has 6 nitrogen and oxygen atoms in total. The van der Waals surface area contributed by atoms with E-state index in [2.05, 4.69) is 0 Å². The van der Waals surface area contributed by atoms with Gasteiger partial charge in [-0.15, -0.1) is 0 Å². The number of methoxy groups -OCH3 is 2. The van der Waals surface area contributed by atoms with Gasteiger partial charge in [-0.25, -0.2) is 0 Å². The van der Waals surface area contributed by atoms with E-state index in [1.54, 1.807) is 30.1 Å². The molecule has 0 bridgehead atoms. The molecule has 106 valence electrons. The molecular weight excluding hydrogens is 250 g/mol. The van der Waals surface area contributed by atoms with Crippen LogP contribution in [0.4, 0.5) is 0 Å². The van der Waals surface area contributed by atoms with Crippen LogP contribution in [-0.2, 0) is 4.79 Å². The average molecular weight is 269 g/mol.